The van der Waals surface area contributed by atoms with Crippen LogP contribution < -0.4 is 16.2 Å². The van der Waals surface area contributed by atoms with Gasteiger partial charge in [-0.25, -0.2) is 4.98 Å². The number of hydrogen-bond acceptors (Lipinski definition) is 11. The zero-order chi connectivity index (χ0) is 25.7. The van der Waals surface area contributed by atoms with Crippen LogP contribution in [-0.2, 0) is 19.2 Å². The van der Waals surface area contributed by atoms with Crippen molar-refractivity contribution in [1.29, 1.82) is 0 Å². The van der Waals surface area contributed by atoms with Crippen molar-refractivity contribution in [1.82, 2.24) is 15.2 Å². The predicted molar refractivity (Wildman–Crippen MR) is 130 cm³/mol. The molecule has 0 saturated carbocycles. The van der Waals surface area contributed by atoms with Crippen molar-refractivity contribution in [3.05, 3.63) is 22.3 Å². The van der Waals surface area contributed by atoms with Crippen LogP contribution in [0.3, 0.4) is 0 Å². The largest absolute Gasteiger partial charge is 0.543 e. The number of nitrogens with one attached hydrogen (secondary N) is 1. The van der Waals surface area contributed by atoms with E-state index in [0.29, 0.717) is 17.9 Å². The number of aliphatic hydroxyl groups is 1. The van der Waals surface area contributed by atoms with Gasteiger partial charge in [-0.2, -0.15) is 0 Å². The minimum Gasteiger partial charge on any atom is -0.543 e. The van der Waals surface area contributed by atoms with Gasteiger partial charge in [0.05, 0.1) is 31.3 Å². The quantitative estimate of drug-likeness (QED) is 0.154. The second-order valence-corrected chi connectivity index (χ2v) is 11.9. The lowest BCUT2D eigenvalue weighted by Crippen LogP contribution is -2.72. The molecule has 4 N–H and O–H groups in total. The third kappa shape index (κ3) is 4.15. The predicted octanol–water partition coefficient (Wildman–Crippen LogP) is -1.53. The van der Waals surface area contributed by atoms with E-state index in [-0.39, 0.29) is 34.3 Å². The summed E-state index contributed by atoms with van der Waals surface area (Å²) in [6.07, 6.45) is 2.75. The Hall–Kier alpha value is -2.68. The lowest BCUT2D eigenvalue weighted by atomic mass is 9.71. The van der Waals surface area contributed by atoms with E-state index in [9.17, 15) is 24.6 Å². The van der Waals surface area contributed by atoms with Crippen LogP contribution in [0.25, 0.3) is 0 Å². The smallest absolute Gasteiger partial charge is 0.276 e. The van der Waals surface area contributed by atoms with Crippen molar-refractivity contribution >= 4 is 51.7 Å². The first-order valence-corrected chi connectivity index (χ1v) is 13.6. The van der Waals surface area contributed by atoms with Gasteiger partial charge in [-0.1, -0.05) is 5.16 Å². The van der Waals surface area contributed by atoms with Gasteiger partial charge in [0.2, 0.25) is 0 Å². The molecular formula is C22H28N6O6S2. The third-order valence-electron chi connectivity index (χ3n) is 7.90. The third-order valence-corrected chi connectivity index (χ3v) is 9.91. The number of aromatic nitrogens is 1. The summed E-state index contributed by atoms with van der Waals surface area (Å²) in [6.45, 7) is 3.39. The molecule has 2 amide bonds. The van der Waals surface area contributed by atoms with E-state index in [4.69, 9.17) is 10.6 Å². The molecule has 5 aliphatic rings. The maximum Gasteiger partial charge on any atom is 0.276 e. The molecule has 5 aliphatic heterocycles. The molecule has 1 aromatic heterocycles. The average molecular weight is 537 g/mol. The number of carbonyl (C=O) groups is 3. The van der Waals surface area contributed by atoms with Crippen LogP contribution in [0.4, 0.5) is 5.13 Å². The monoisotopic (exact) mass is 536 g/mol. The van der Waals surface area contributed by atoms with Crippen LogP contribution in [-0.4, -0.2) is 100 Å². The number of oxime groups is 1. The molecule has 36 heavy (non-hydrogen) atoms. The Balaban J connectivity index is 1.32. The summed E-state index contributed by atoms with van der Waals surface area (Å²) in [4.78, 5) is 48.2. The molecule has 2 atom stereocenters. The van der Waals surface area contributed by atoms with Gasteiger partial charge in [0.1, 0.15) is 30.8 Å². The number of nitrogens with zero attached hydrogens (tertiary/aromatic N) is 4. The van der Waals surface area contributed by atoms with E-state index in [1.807, 2.05) is 0 Å². The summed E-state index contributed by atoms with van der Waals surface area (Å²) in [5, 5.41) is 29.6. The van der Waals surface area contributed by atoms with Crippen molar-refractivity contribution in [2.24, 2.45) is 10.6 Å². The van der Waals surface area contributed by atoms with Gasteiger partial charge in [-0.3, -0.25) is 14.5 Å². The Morgan fingerprint density at radius 1 is 1.39 bits per heavy atom. The maximum absolute atomic E-state index is 13.1. The molecule has 4 saturated heterocycles. The lowest BCUT2D eigenvalue weighted by Gasteiger charge is -2.56. The number of thiazole rings is 1. The maximum atomic E-state index is 13.1. The zero-order valence-corrected chi connectivity index (χ0v) is 21.4. The lowest BCUT2D eigenvalue weighted by molar-refractivity contribution is -0.941. The first-order chi connectivity index (χ1) is 17.2. The molecule has 12 nitrogen and oxygen atoms in total. The SMILES string of the molecule is CO/N=C(\C(=O)N[C@@H]1C(=O)N2C(C(=O)[O-])=C(C[N+]34CCC(CO)(CC3)CC4)CS[C@@H]12)c1csc(N)n1. The molecule has 6 rings (SSSR count). The van der Waals surface area contributed by atoms with E-state index in [0.717, 1.165) is 54.7 Å². The number of hydrogen-bond donors (Lipinski definition) is 3. The average Bonchev–Trinajstić information content (AvgIpc) is 3.31. The van der Waals surface area contributed by atoms with E-state index in [1.165, 1.54) is 23.8 Å². The van der Waals surface area contributed by atoms with Crippen molar-refractivity contribution in [3.63, 3.8) is 0 Å². The topological polar surface area (TPSA) is 170 Å². The van der Waals surface area contributed by atoms with Gasteiger partial charge in [0, 0.05) is 48.0 Å². The summed E-state index contributed by atoms with van der Waals surface area (Å²) in [7, 11) is 1.29. The van der Waals surface area contributed by atoms with Gasteiger partial charge >= 0.3 is 0 Å². The van der Waals surface area contributed by atoms with Gasteiger partial charge in [0.25, 0.3) is 11.8 Å². The van der Waals surface area contributed by atoms with Crippen LogP contribution in [0.1, 0.15) is 25.0 Å². The number of nitrogen functional groups attached to an aromatic ring is 1. The Bertz CT molecular complexity index is 1140. The number of carboxylic acids is 1. The molecule has 0 spiro atoms. The number of aliphatic carboxylic acids is 1. The summed E-state index contributed by atoms with van der Waals surface area (Å²) >= 11 is 2.56. The van der Waals surface area contributed by atoms with Crippen LogP contribution in [0.15, 0.2) is 21.8 Å². The Morgan fingerprint density at radius 3 is 2.64 bits per heavy atom. The number of anilines is 1. The second-order valence-electron chi connectivity index (χ2n) is 9.87. The summed E-state index contributed by atoms with van der Waals surface area (Å²) in [5.41, 5.74) is 6.36. The number of quaternary nitrogens is 1. The standard InChI is InChI=1S/C22H28N6O6S2/c1-34-26-14(13-10-36-21(23)24-13)17(30)25-15-18(31)27-16(20(32)33)12(9-35-19(15)27)8-28-5-2-22(11-29,3-6-28)4-7-28/h10,15,19,29H,2-9,11H2,1H3,(H3-,23,24,25,30,32,33)/b26-14-/t15-,19+,22?,28?/m1/s1. The number of rotatable bonds is 8. The molecule has 194 valence electrons. The van der Waals surface area contributed by atoms with E-state index >= 15 is 0 Å². The highest BCUT2D eigenvalue weighted by atomic mass is 32.2. The number of aliphatic hydroxyl groups excluding tert-OH is 1. The molecule has 0 unspecified atom stereocenters. The molecule has 1 aromatic rings. The molecule has 0 aliphatic carbocycles. The van der Waals surface area contributed by atoms with Crippen molar-refractivity contribution in [3.8, 4) is 0 Å². The van der Waals surface area contributed by atoms with Gasteiger partial charge in [-0.15, -0.1) is 23.1 Å². The van der Waals surface area contributed by atoms with Gasteiger partial charge in [-0.05, 0) is 0 Å². The summed E-state index contributed by atoms with van der Waals surface area (Å²) < 4.78 is 0.773. The Morgan fingerprint density at radius 2 is 2.08 bits per heavy atom. The fraction of sp³-hybridized carbons (Fsp3) is 0.591. The number of thioether (sulfide) groups is 1. The normalized spacial score (nSPS) is 31.7. The number of carbonyl (C=O) groups excluding carboxylic acids is 3. The summed E-state index contributed by atoms with van der Waals surface area (Å²) in [6, 6.07) is -0.918. The molecule has 2 bridgehead atoms. The molecule has 6 heterocycles. The van der Waals surface area contributed by atoms with E-state index in [1.54, 1.807) is 5.38 Å². The number of fused-ring (bicyclic) bond motifs is 4. The van der Waals surface area contributed by atoms with Crippen LogP contribution in [0, 0.1) is 5.41 Å². The fourth-order valence-corrected chi connectivity index (χ4v) is 7.59. The number of carboxylic acid groups (broad SMARTS) is 1. The Labute approximate surface area is 215 Å². The van der Waals surface area contributed by atoms with Crippen LogP contribution in [0.5, 0.6) is 0 Å². The number of piperidine rings is 3. The van der Waals surface area contributed by atoms with E-state index in [2.05, 4.69) is 15.5 Å². The van der Waals surface area contributed by atoms with E-state index < -0.39 is 29.2 Å². The summed E-state index contributed by atoms with van der Waals surface area (Å²) in [5.74, 6) is -2.14. The molecular weight excluding hydrogens is 508 g/mol. The minimum atomic E-state index is -1.38. The molecule has 0 aromatic carbocycles. The molecule has 14 heteroatoms. The number of nitrogens with two attached hydrogens (primary N) is 1. The Kier molecular flexibility index (Phi) is 6.47. The fourth-order valence-electron chi connectivity index (χ4n) is 5.71. The zero-order valence-electron chi connectivity index (χ0n) is 19.8. The van der Waals surface area contributed by atoms with Gasteiger partial charge < -0.3 is 35.4 Å². The number of amides is 2. The van der Waals surface area contributed by atoms with Gasteiger partial charge in [0.15, 0.2) is 10.8 Å². The van der Waals surface area contributed by atoms with Crippen LogP contribution in [0.2, 0.25) is 0 Å². The second kappa shape index (κ2) is 9.32. The molecule has 0 radical (unpaired) electrons. The highest BCUT2D eigenvalue weighted by molar-refractivity contribution is 8.00. The molecule has 4 fully saturated rings. The highest BCUT2D eigenvalue weighted by Gasteiger charge is 2.55. The first kappa shape index (κ1) is 25.0. The first-order valence-electron chi connectivity index (χ1n) is 11.7. The number of β-lactam (4-membered cyclic amide) rings is 1. The minimum absolute atomic E-state index is 0.00603. The van der Waals surface area contributed by atoms with Crippen LogP contribution >= 0.6 is 23.1 Å². The van der Waals surface area contributed by atoms with Crippen molar-refractivity contribution in [2.45, 2.75) is 30.7 Å². The van der Waals surface area contributed by atoms with Crippen molar-refractivity contribution in [2.75, 3.05) is 51.4 Å². The van der Waals surface area contributed by atoms with Crippen molar-refractivity contribution < 1.29 is 33.9 Å². The highest BCUT2D eigenvalue weighted by Crippen LogP contribution is 2.46.